The quantitative estimate of drug-likeness (QED) is 0.564. The van der Waals surface area contributed by atoms with Crippen LogP contribution in [0, 0.1) is 5.82 Å². The molecule has 0 atom stereocenters. The van der Waals surface area contributed by atoms with Gasteiger partial charge in [-0.2, -0.15) is 0 Å². The van der Waals surface area contributed by atoms with Crippen molar-refractivity contribution in [1.29, 1.82) is 0 Å². The van der Waals surface area contributed by atoms with Gasteiger partial charge in [0.2, 0.25) is 6.79 Å². The molecule has 0 radical (unpaired) electrons. The van der Waals surface area contributed by atoms with Gasteiger partial charge in [-0.15, -0.1) is 0 Å². The molecule has 1 saturated heterocycles. The lowest BCUT2D eigenvalue weighted by molar-refractivity contribution is -0.135. The summed E-state index contributed by atoms with van der Waals surface area (Å²) in [5.74, 6) is -0.148. The van der Waals surface area contributed by atoms with E-state index in [0.717, 1.165) is 23.4 Å². The molecule has 1 fully saturated rings. The smallest absolute Gasteiger partial charge is 0.331 e. The monoisotopic (exact) mass is 414 g/mol. The Labute approximate surface area is 169 Å². The van der Waals surface area contributed by atoms with Gasteiger partial charge in [0.05, 0.1) is 24.2 Å². The molecule has 7 nitrogen and oxygen atoms in total. The number of carbonyl (C=O) groups is 2. The summed E-state index contributed by atoms with van der Waals surface area (Å²) in [4.78, 5) is 30.6. The summed E-state index contributed by atoms with van der Waals surface area (Å²) in [5, 5.41) is 0.370. The number of thioether (sulfide) groups is 1. The molecule has 148 valence electrons. The van der Waals surface area contributed by atoms with E-state index >= 15 is 0 Å². The molecular weight excluding hydrogens is 399 g/mol. The van der Waals surface area contributed by atoms with E-state index in [1.807, 2.05) is 6.07 Å². The Morgan fingerprint density at radius 2 is 2.00 bits per heavy atom. The van der Waals surface area contributed by atoms with Gasteiger partial charge in [0.1, 0.15) is 5.82 Å². The zero-order valence-electron chi connectivity index (χ0n) is 15.3. The number of amidine groups is 1. The number of hydrogen-bond donors (Lipinski definition) is 0. The summed E-state index contributed by atoms with van der Waals surface area (Å²) in [6.07, 6.45) is 1.13. The second-order valence-corrected chi connectivity index (χ2v) is 7.09. The van der Waals surface area contributed by atoms with Crippen LogP contribution in [0.1, 0.15) is 5.56 Å². The van der Waals surface area contributed by atoms with E-state index < -0.39 is 5.97 Å². The van der Waals surface area contributed by atoms with Crippen LogP contribution in [0.15, 0.2) is 58.4 Å². The van der Waals surface area contributed by atoms with Crippen LogP contribution in [-0.4, -0.2) is 35.8 Å². The minimum atomic E-state index is -0.632. The highest BCUT2D eigenvalue weighted by Crippen LogP contribution is 2.36. The predicted octanol–water partition coefficient (Wildman–Crippen LogP) is 3.37. The molecule has 29 heavy (non-hydrogen) atoms. The molecule has 2 heterocycles. The lowest BCUT2D eigenvalue weighted by Crippen LogP contribution is -2.28. The number of rotatable bonds is 4. The number of ether oxygens (including phenoxy) is 3. The van der Waals surface area contributed by atoms with Crippen molar-refractivity contribution in [2.45, 2.75) is 6.54 Å². The maximum absolute atomic E-state index is 13.2. The van der Waals surface area contributed by atoms with Crippen LogP contribution < -0.4 is 9.47 Å². The van der Waals surface area contributed by atoms with E-state index in [0.29, 0.717) is 22.4 Å². The van der Waals surface area contributed by atoms with Crippen LogP contribution in [0.3, 0.4) is 0 Å². The van der Waals surface area contributed by atoms with E-state index in [-0.39, 0.29) is 30.0 Å². The fourth-order valence-electron chi connectivity index (χ4n) is 2.74. The average Bonchev–Trinajstić information content (AvgIpc) is 3.29. The molecule has 0 saturated carbocycles. The predicted molar refractivity (Wildman–Crippen MR) is 104 cm³/mol. The summed E-state index contributed by atoms with van der Waals surface area (Å²) in [7, 11) is 1.24. The normalized spacial score (nSPS) is 18.0. The molecule has 2 aromatic carbocycles. The number of esters is 1. The lowest BCUT2D eigenvalue weighted by Gasteiger charge is -2.16. The minimum Gasteiger partial charge on any atom is -0.466 e. The van der Waals surface area contributed by atoms with Crippen molar-refractivity contribution in [2.75, 3.05) is 13.9 Å². The summed E-state index contributed by atoms with van der Waals surface area (Å²) in [6.45, 7) is 0.363. The number of hydrogen-bond acceptors (Lipinski definition) is 7. The molecule has 2 aromatic rings. The molecule has 0 spiro atoms. The first-order valence-corrected chi connectivity index (χ1v) is 9.37. The van der Waals surface area contributed by atoms with Crippen molar-refractivity contribution in [3.8, 4) is 11.5 Å². The van der Waals surface area contributed by atoms with Gasteiger partial charge < -0.3 is 14.2 Å². The van der Waals surface area contributed by atoms with E-state index in [1.54, 1.807) is 12.1 Å². The van der Waals surface area contributed by atoms with Crippen LogP contribution in [0.4, 0.5) is 10.1 Å². The van der Waals surface area contributed by atoms with Crippen molar-refractivity contribution < 1.29 is 28.2 Å². The Hall–Kier alpha value is -3.33. The third kappa shape index (κ3) is 4.09. The highest BCUT2D eigenvalue weighted by Gasteiger charge is 2.34. The molecular formula is C20H15FN2O5S. The lowest BCUT2D eigenvalue weighted by atomic mass is 10.2. The van der Waals surface area contributed by atoms with Crippen LogP contribution in [0.25, 0.3) is 0 Å². The fourth-order valence-corrected chi connectivity index (χ4v) is 3.70. The number of halogens is 1. The van der Waals surface area contributed by atoms with Gasteiger partial charge in [-0.1, -0.05) is 6.07 Å². The first kappa shape index (κ1) is 19.0. The highest BCUT2D eigenvalue weighted by molar-refractivity contribution is 8.18. The zero-order chi connectivity index (χ0) is 20.4. The Morgan fingerprint density at radius 3 is 2.76 bits per heavy atom. The van der Waals surface area contributed by atoms with Gasteiger partial charge in [-0.3, -0.25) is 9.69 Å². The first-order chi connectivity index (χ1) is 14.0. The second-order valence-electron chi connectivity index (χ2n) is 6.08. The highest BCUT2D eigenvalue weighted by atomic mass is 32.2. The third-order valence-electron chi connectivity index (χ3n) is 4.17. The molecule has 2 aliphatic rings. The van der Waals surface area contributed by atoms with E-state index in [2.05, 4.69) is 9.73 Å². The van der Waals surface area contributed by atoms with Gasteiger partial charge in [-0.25, -0.2) is 14.2 Å². The number of benzene rings is 2. The summed E-state index contributed by atoms with van der Waals surface area (Å²) >= 11 is 1.05. The largest absolute Gasteiger partial charge is 0.466 e. The standard InChI is InChI=1S/C20H15FN2O5S/c1-26-18(24)9-17-19(25)23(10-12-2-7-15-16(8-12)28-11-27-15)20(29-17)22-14-5-3-13(21)4-6-14/h2-9H,10-11H2,1H3. The number of methoxy groups -OCH3 is 1. The fraction of sp³-hybridized carbons (Fsp3) is 0.150. The zero-order valence-corrected chi connectivity index (χ0v) is 16.1. The van der Waals surface area contributed by atoms with Crippen molar-refractivity contribution in [1.82, 2.24) is 4.90 Å². The van der Waals surface area contributed by atoms with Crippen molar-refractivity contribution in [3.63, 3.8) is 0 Å². The molecule has 4 rings (SSSR count). The first-order valence-electron chi connectivity index (χ1n) is 8.55. The maximum atomic E-state index is 13.2. The minimum absolute atomic E-state index is 0.153. The van der Waals surface area contributed by atoms with Gasteiger partial charge >= 0.3 is 5.97 Å². The summed E-state index contributed by atoms with van der Waals surface area (Å²) in [5.41, 5.74) is 1.28. The topological polar surface area (TPSA) is 77.4 Å². The molecule has 0 bridgehead atoms. The second kappa shape index (κ2) is 7.96. The van der Waals surface area contributed by atoms with Crippen LogP contribution in [0.2, 0.25) is 0 Å². The molecule has 0 unspecified atom stereocenters. The summed E-state index contributed by atoms with van der Waals surface area (Å²) < 4.78 is 28.5. The average molecular weight is 414 g/mol. The van der Waals surface area contributed by atoms with Crippen molar-refractivity contribution in [2.24, 2.45) is 4.99 Å². The maximum Gasteiger partial charge on any atom is 0.331 e. The molecule has 9 heteroatoms. The van der Waals surface area contributed by atoms with Gasteiger partial charge in [0.25, 0.3) is 5.91 Å². The van der Waals surface area contributed by atoms with Crippen LogP contribution in [-0.2, 0) is 20.9 Å². The Balaban J connectivity index is 1.66. The van der Waals surface area contributed by atoms with Gasteiger partial charge in [0.15, 0.2) is 16.7 Å². The molecule has 2 aliphatic heterocycles. The number of fused-ring (bicyclic) bond motifs is 1. The number of carbonyl (C=O) groups excluding carboxylic acids is 2. The number of amides is 1. The molecule has 0 aromatic heterocycles. The Kier molecular flexibility index (Phi) is 5.22. The van der Waals surface area contributed by atoms with E-state index in [9.17, 15) is 14.0 Å². The molecule has 0 N–H and O–H groups in total. The number of aliphatic imine (C=N–C) groups is 1. The molecule has 1 amide bonds. The number of nitrogens with zero attached hydrogens (tertiary/aromatic N) is 2. The van der Waals surface area contributed by atoms with Crippen LogP contribution >= 0.6 is 11.8 Å². The third-order valence-corrected chi connectivity index (χ3v) is 5.17. The van der Waals surface area contributed by atoms with Gasteiger partial charge in [0, 0.05) is 6.08 Å². The SMILES string of the molecule is COC(=O)C=C1SC(=Nc2ccc(F)cc2)N(Cc2ccc3c(c2)OCO3)C1=O. The summed E-state index contributed by atoms with van der Waals surface area (Å²) in [6, 6.07) is 11.0. The van der Waals surface area contributed by atoms with Crippen LogP contribution in [0.5, 0.6) is 11.5 Å². The van der Waals surface area contributed by atoms with Crippen molar-refractivity contribution in [3.05, 3.63) is 64.8 Å². The Morgan fingerprint density at radius 1 is 1.24 bits per heavy atom. The molecule has 0 aliphatic carbocycles. The Bertz CT molecular complexity index is 1040. The van der Waals surface area contributed by atoms with E-state index in [4.69, 9.17) is 9.47 Å². The van der Waals surface area contributed by atoms with Crippen molar-refractivity contribution >= 4 is 34.5 Å². The van der Waals surface area contributed by atoms with E-state index in [1.165, 1.54) is 36.3 Å². The van der Waals surface area contributed by atoms with Gasteiger partial charge in [-0.05, 0) is 53.7 Å².